The summed E-state index contributed by atoms with van der Waals surface area (Å²) in [6.45, 7) is 0. The van der Waals surface area contributed by atoms with Crippen molar-refractivity contribution in [2.75, 3.05) is 34.4 Å². The first-order chi connectivity index (χ1) is 31.4. The Labute approximate surface area is 377 Å². The van der Waals surface area contributed by atoms with E-state index >= 15 is 4.57 Å². The van der Waals surface area contributed by atoms with Crippen LogP contribution in [0, 0.1) is 0 Å². The predicted molar refractivity (Wildman–Crippen MR) is 268 cm³/mol. The van der Waals surface area contributed by atoms with Crippen molar-refractivity contribution in [2.24, 2.45) is 0 Å². The molecule has 12 N–H and O–H groups in total. The molecule has 11 heteroatoms. The van der Waals surface area contributed by atoms with E-state index in [0.29, 0.717) is 67.5 Å². The van der Waals surface area contributed by atoms with E-state index in [1.165, 1.54) is 0 Å². The Morgan fingerprint density at radius 3 is 0.723 bits per heavy atom. The lowest BCUT2D eigenvalue weighted by Crippen LogP contribution is -2.10. The standard InChI is InChI=1S/C54H45N6O4P/c55-43-13-1-7-34(25-43)37-19-22-52(49(31-37)40-10-4-16-46(58)28-40)62-65(61,63-53-23-20-38(35-8-2-14-44(56)26-35)32-50(53)41-11-5-17-47(59)29-41)64-54-24-21-39(36-9-3-15-45(57)27-36)33-51(54)42-12-6-18-48(60)30-42/h1-33H,55-60H2. The second-order valence-corrected chi connectivity index (χ2v) is 17.0. The summed E-state index contributed by atoms with van der Waals surface area (Å²) in [6, 6.07) is 61.3. The summed E-state index contributed by atoms with van der Waals surface area (Å²) in [5.74, 6) is 0.612. The zero-order valence-electron chi connectivity index (χ0n) is 35.1. The van der Waals surface area contributed by atoms with Gasteiger partial charge in [0.05, 0.1) is 0 Å². The number of anilines is 6. The summed E-state index contributed by atoms with van der Waals surface area (Å²) in [5, 5.41) is 0. The topological polar surface area (TPSA) is 201 Å². The van der Waals surface area contributed by atoms with Crippen LogP contribution in [-0.4, -0.2) is 0 Å². The lowest BCUT2D eigenvalue weighted by Gasteiger charge is -2.24. The Morgan fingerprint density at radius 2 is 0.477 bits per heavy atom. The summed E-state index contributed by atoms with van der Waals surface area (Å²) in [6.07, 6.45) is 0. The second kappa shape index (κ2) is 17.6. The number of hydrogen-bond acceptors (Lipinski definition) is 10. The van der Waals surface area contributed by atoms with Crippen LogP contribution < -0.4 is 48.0 Å². The lowest BCUT2D eigenvalue weighted by molar-refractivity contribution is 0.299. The van der Waals surface area contributed by atoms with Crippen molar-refractivity contribution in [1.82, 2.24) is 0 Å². The fraction of sp³-hybridized carbons (Fsp3) is 0. The highest BCUT2D eigenvalue weighted by atomic mass is 31.2. The highest BCUT2D eigenvalue weighted by Gasteiger charge is 2.36. The molecule has 9 rings (SSSR count). The summed E-state index contributed by atoms with van der Waals surface area (Å²) < 4.78 is 36.2. The Kier molecular flexibility index (Phi) is 11.3. The zero-order chi connectivity index (χ0) is 45.1. The van der Waals surface area contributed by atoms with Gasteiger partial charge in [0.25, 0.3) is 0 Å². The number of phosphoric ester groups is 1. The number of rotatable bonds is 12. The fourth-order valence-electron chi connectivity index (χ4n) is 7.73. The van der Waals surface area contributed by atoms with Crippen molar-refractivity contribution in [3.05, 3.63) is 200 Å². The molecule has 0 aliphatic carbocycles. The first kappa shape index (κ1) is 41.7. The maximum atomic E-state index is 16.1. The second-order valence-electron chi connectivity index (χ2n) is 15.6. The molecule has 0 bridgehead atoms. The third-order valence-corrected chi connectivity index (χ3v) is 12.1. The monoisotopic (exact) mass is 872 g/mol. The van der Waals surface area contributed by atoms with Crippen LogP contribution in [0.5, 0.6) is 17.2 Å². The lowest BCUT2D eigenvalue weighted by atomic mass is 9.97. The maximum Gasteiger partial charge on any atom is 0.647 e. The van der Waals surface area contributed by atoms with Crippen LogP contribution in [0.1, 0.15) is 0 Å². The molecular weight excluding hydrogens is 828 g/mol. The predicted octanol–water partition coefficient (Wildman–Crippen LogP) is 12.8. The SMILES string of the molecule is Nc1cccc(-c2ccc(OP(=O)(Oc3ccc(-c4cccc(N)c4)cc3-c3cccc(N)c3)Oc3ccc(-c4cccc(N)c4)cc3-c3cccc(N)c3)c(-c3cccc(N)c3)c2)c1. The molecule has 0 atom stereocenters. The number of phosphoric acid groups is 1. The van der Waals surface area contributed by atoms with Crippen LogP contribution in [0.4, 0.5) is 34.1 Å². The number of benzene rings is 9. The van der Waals surface area contributed by atoms with Gasteiger partial charge >= 0.3 is 7.82 Å². The van der Waals surface area contributed by atoms with Gasteiger partial charge < -0.3 is 48.0 Å². The van der Waals surface area contributed by atoms with Crippen LogP contribution in [-0.2, 0) is 4.57 Å². The first-order valence-corrected chi connectivity index (χ1v) is 22.2. The molecule has 9 aromatic rings. The van der Waals surface area contributed by atoms with E-state index in [1.807, 2.05) is 164 Å². The van der Waals surface area contributed by atoms with Crippen molar-refractivity contribution in [1.29, 1.82) is 0 Å². The van der Waals surface area contributed by atoms with Gasteiger partial charge in [-0.05, 0) is 159 Å². The highest BCUT2D eigenvalue weighted by molar-refractivity contribution is 7.49. The average molecular weight is 873 g/mol. The van der Waals surface area contributed by atoms with E-state index in [2.05, 4.69) is 0 Å². The van der Waals surface area contributed by atoms with Gasteiger partial charge in [-0.1, -0.05) is 91.0 Å². The van der Waals surface area contributed by atoms with Gasteiger partial charge in [-0.15, -0.1) is 0 Å². The molecule has 0 amide bonds. The minimum atomic E-state index is -4.80. The van der Waals surface area contributed by atoms with E-state index < -0.39 is 7.82 Å². The van der Waals surface area contributed by atoms with Gasteiger partial charge in [-0.2, -0.15) is 4.57 Å². The summed E-state index contributed by atoms with van der Waals surface area (Å²) in [4.78, 5) is 0. The Balaban J connectivity index is 1.23. The van der Waals surface area contributed by atoms with Crippen molar-refractivity contribution in [2.45, 2.75) is 0 Å². The molecule has 10 nitrogen and oxygen atoms in total. The summed E-state index contributed by atoms with van der Waals surface area (Å²) in [5.41, 5.74) is 50.0. The Morgan fingerprint density at radius 1 is 0.262 bits per heavy atom. The summed E-state index contributed by atoms with van der Waals surface area (Å²) >= 11 is 0. The van der Waals surface area contributed by atoms with E-state index in [9.17, 15) is 0 Å². The molecule has 0 heterocycles. The normalized spacial score (nSPS) is 11.2. The largest absolute Gasteiger partial charge is 0.647 e. The van der Waals surface area contributed by atoms with Crippen LogP contribution in [0.25, 0.3) is 66.8 Å². The smallest absolute Gasteiger partial charge is 0.399 e. The molecule has 0 aliphatic heterocycles. The van der Waals surface area contributed by atoms with Crippen LogP contribution >= 0.6 is 7.82 Å². The quantitative estimate of drug-likeness (QED) is 0.0507. The zero-order valence-corrected chi connectivity index (χ0v) is 36.0. The molecule has 0 aliphatic rings. The van der Waals surface area contributed by atoms with Crippen molar-refractivity contribution in [3.63, 3.8) is 0 Å². The van der Waals surface area contributed by atoms with Crippen LogP contribution in [0.15, 0.2) is 200 Å². The maximum absolute atomic E-state index is 16.1. The third kappa shape index (κ3) is 9.44. The number of hydrogen-bond donors (Lipinski definition) is 6. The molecule has 0 fully saturated rings. The molecule has 320 valence electrons. The van der Waals surface area contributed by atoms with Gasteiger partial charge in [0, 0.05) is 50.8 Å². The minimum Gasteiger partial charge on any atom is -0.399 e. The molecular formula is C54H45N6O4P. The van der Waals surface area contributed by atoms with E-state index in [0.717, 1.165) is 33.4 Å². The van der Waals surface area contributed by atoms with Gasteiger partial charge in [0.1, 0.15) is 17.2 Å². The average Bonchev–Trinajstić information content (AvgIpc) is 3.29. The van der Waals surface area contributed by atoms with E-state index in [1.54, 1.807) is 36.4 Å². The van der Waals surface area contributed by atoms with Gasteiger partial charge in [0.2, 0.25) is 0 Å². The van der Waals surface area contributed by atoms with Gasteiger partial charge in [0.15, 0.2) is 0 Å². The van der Waals surface area contributed by atoms with Crippen molar-refractivity contribution >= 4 is 41.9 Å². The molecule has 0 aromatic heterocycles. The van der Waals surface area contributed by atoms with E-state index in [-0.39, 0.29) is 17.2 Å². The Hall–Kier alpha value is -8.59. The molecule has 0 saturated heterocycles. The highest BCUT2D eigenvalue weighted by Crippen LogP contribution is 2.55. The minimum absolute atomic E-state index is 0.204. The van der Waals surface area contributed by atoms with Crippen molar-refractivity contribution < 1.29 is 18.1 Å². The molecule has 0 radical (unpaired) electrons. The molecule has 9 aromatic carbocycles. The summed E-state index contributed by atoms with van der Waals surface area (Å²) in [7, 11) is -4.80. The number of nitrogens with two attached hydrogens (primary N) is 6. The van der Waals surface area contributed by atoms with Crippen molar-refractivity contribution in [3.8, 4) is 84.0 Å². The fourth-order valence-corrected chi connectivity index (χ4v) is 9.05. The first-order valence-electron chi connectivity index (χ1n) is 20.7. The molecule has 0 saturated carbocycles. The van der Waals surface area contributed by atoms with Gasteiger partial charge in [-0.25, -0.2) is 0 Å². The molecule has 65 heavy (non-hydrogen) atoms. The third-order valence-electron chi connectivity index (χ3n) is 10.8. The molecule has 0 spiro atoms. The van der Waals surface area contributed by atoms with E-state index in [4.69, 9.17) is 48.0 Å². The number of nitrogen functional groups attached to an aromatic ring is 6. The Bertz CT molecular complexity index is 2940. The van der Waals surface area contributed by atoms with Crippen LogP contribution in [0.2, 0.25) is 0 Å². The van der Waals surface area contributed by atoms with Crippen LogP contribution in [0.3, 0.4) is 0 Å². The van der Waals surface area contributed by atoms with Gasteiger partial charge in [-0.3, -0.25) is 0 Å². The molecule has 0 unspecified atom stereocenters.